The van der Waals surface area contributed by atoms with Gasteiger partial charge in [-0.15, -0.1) is 0 Å². The highest BCUT2D eigenvalue weighted by molar-refractivity contribution is 5.48. The Morgan fingerprint density at radius 1 is 1.33 bits per heavy atom. The summed E-state index contributed by atoms with van der Waals surface area (Å²) >= 11 is 0. The number of aromatic nitrogens is 2. The van der Waals surface area contributed by atoms with Gasteiger partial charge in [0.2, 0.25) is 0 Å². The van der Waals surface area contributed by atoms with Crippen LogP contribution in [0.2, 0.25) is 0 Å². The van der Waals surface area contributed by atoms with Crippen LogP contribution in [0.5, 0.6) is 0 Å². The topological polar surface area (TPSA) is 79.3 Å². The monoisotopic (exact) mass is 254 g/mol. The Morgan fingerprint density at radius 2 is 2.00 bits per heavy atom. The zero-order chi connectivity index (χ0) is 13.6. The summed E-state index contributed by atoms with van der Waals surface area (Å²) in [5, 5.41) is 15.4. The third-order valence-corrected chi connectivity index (χ3v) is 2.33. The van der Waals surface area contributed by atoms with Gasteiger partial charge in [0.25, 0.3) is 0 Å². The van der Waals surface area contributed by atoms with Crippen molar-refractivity contribution in [3.8, 4) is 0 Å². The molecule has 6 nitrogen and oxygen atoms in total. The van der Waals surface area contributed by atoms with E-state index in [0.717, 1.165) is 5.82 Å². The van der Waals surface area contributed by atoms with Gasteiger partial charge in [0.1, 0.15) is 18.2 Å². The second-order valence-corrected chi connectivity index (χ2v) is 4.61. The first-order valence-electron chi connectivity index (χ1n) is 6.03. The van der Waals surface area contributed by atoms with Crippen LogP contribution in [0.4, 0.5) is 11.6 Å². The van der Waals surface area contributed by atoms with Gasteiger partial charge in [-0.05, 0) is 20.8 Å². The molecule has 6 heteroatoms. The van der Waals surface area contributed by atoms with Crippen LogP contribution in [0, 0.1) is 0 Å². The van der Waals surface area contributed by atoms with Crippen molar-refractivity contribution in [2.24, 2.45) is 0 Å². The average molecular weight is 254 g/mol. The molecule has 0 saturated carbocycles. The molecule has 0 aliphatic carbocycles. The normalized spacial score (nSPS) is 11.4. The van der Waals surface area contributed by atoms with Crippen LogP contribution in [-0.2, 0) is 11.3 Å². The molecule has 0 aromatic carbocycles. The summed E-state index contributed by atoms with van der Waals surface area (Å²) in [4.78, 5) is 8.65. The Hall–Kier alpha value is -1.40. The summed E-state index contributed by atoms with van der Waals surface area (Å²) in [6, 6.07) is 1.80. The molecule has 0 unspecified atom stereocenters. The van der Waals surface area contributed by atoms with E-state index in [0.29, 0.717) is 24.9 Å². The highest BCUT2D eigenvalue weighted by atomic mass is 16.5. The number of hydrogen-bond acceptors (Lipinski definition) is 6. The third-order valence-electron chi connectivity index (χ3n) is 2.33. The van der Waals surface area contributed by atoms with Crippen LogP contribution in [0.25, 0.3) is 0 Å². The maximum atomic E-state index is 9.25. The minimum Gasteiger partial charge on any atom is -0.394 e. The predicted molar refractivity (Wildman–Crippen MR) is 71.7 cm³/mol. The molecule has 1 rings (SSSR count). The SMILES string of the molecule is CCOCc1nc(NC)cc(NC(C)(C)CO)n1. The summed E-state index contributed by atoms with van der Waals surface area (Å²) in [5.41, 5.74) is -0.428. The second-order valence-electron chi connectivity index (χ2n) is 4.61. The van der Waals surface area contributed by atoms with Gasteiger partial charge in [0, 0.05) is 19.7 Å². The minimum absolute atomic E-state index is 0.0205. The number of aliphatic hydroxyl groups excluding tert-OH is 1. The lowest BCUT2D eigenvalue weighted by atomic mass is 10.1. The fraction of sp³-hybridized carbons (Fsp3) is 0.667. The molecule has 0 spiro atoms. The summed E-state index contributed by atoms with van der Waals surface area (Å²) in [5.74, 6) is 2.00. The molecular formula is C12H22N4O2. The second kappa shape index (κ2) is 6.51. The molecule has 102 valence electrons. The van der Waals surface area contributed by atoms with E-state index in [1.54, 1.807) is 13.1 Å². The molecule has 0 fully saturated rings. The van der Waals surface area contributed by atoms with Gasteiger partial charge in [-0.2, -0.15) is 0 Å². The number of nitrogens with one attached hydrogen (secondary N) is 2. The first-order valence-corrected chi connectivity index (χ1v) is 6.03. The van der Waals surface area contributed by atoms with Crippen molar-refractivity contribution in [3.63, 3.8) is 0 Å². The van der Waals surface area contributed by atoms with Gasteiger partial charge in [-0.3, -0.25) is 0 Å². The molecule has 1 aromatic rings. The van der Waals surface area contributed by atoms with E-state index in [9.17, 15) is 5.11 Å². The Morgan fingerprint density at radius 3 is 2.56 bits per heavy atom. The third kappa shape index (κ3) is 4.46. The van der Waals surface area contributed by atoms with E-state index in [1.807, 2.05) is 20.8 Å². The van der Waals surface area contributed by atoms with Crippen molar-refractivity contribution in [3.05, 3.63) is 11.9 Å². The highest BCUT2D eigenvalue weighted by Crippen LogP contribution is 2.16. The van der Waals surface area contributed by atoms with Gasteiger partial charge >= 0.3 is 0 Å². The largest absolute Gasteiger partial charge is 0.394 e. The van der Waals surface area contributed by atoms with Crippen LogP contribution in [0.1, 0.15) is 26.6 Å². The molecule has 0 amide bonds. The maximum Gasteiger partial charge on any atom is 0.158 e. The van der Waals surface area contributed by atoms with E-state index >= 15 is 0 Å². The molecule has 0 radical (unpaired) electrons. The Kier molecular flexibility index (Phi) is 5.30. The minimum atomic E-state index is -0.428. The summed E-state index contributed by atoms with van der Waals surface area (Å²) in [7, 11) is 1.80. The van der Waals surface area contributed by atoms with Crippen molar-refractivity contribution in [2.75, 3.05) is 30.9 Å². The molecule has 18 heavy (non-hydrogen) atoms. The number of ether oxygens (including phenoxy) is 1. The zero-order valence-corrected chi connectivity index (χ0v) is 11.4. The van der Waals surface area contributed by atoms with Crippen molar-refractivity contribution >= 4 is 11.6 Å². The number of anilines is 2. The van der Waals surface area contributed by atoms with Crippen molar-refractivity contribution in [2.45, 2.75) is 32.9 Å². The zero-order valence-electron chi connectivity index (χ0n) is 11.4. The number of aliphatic hydroxyl groups is 1. The summed E-state index contributed by atoms with van der Waals surface area (Å²) < 4.78 is 5.30. The molecule has 3 N–H and O–H groups in total. The van der Waals surface area contributed by atoms with Crippen LogP contribution in [-0.4, -0.2) is 40.9 Å². The molecule has 0 aliphatic heterocycles. The van der Waals surface area contributed by atoms with Gasteiger partial charge in [0.15, 0.2) is 5.82 Å². The maximum absolute atomic E-state index is 9.25. The van der Waals surface area contributed by atoms with E-state index < -0.39 is 5.54 Å². The van der Waals surface area contributed by atoms with Crippen LogP contribution < -0.4 is 10.6 Å². The fourth-order valence-electron chi connectivity index (χ4n) is 1.33. The number of hydrogen-bond donors (Lipinski definition) is 3. The number of rotatable bonds is 7. The highest BCUT2D eigenvalue weighted by Gasteiger charge is 2.17. The van der Waals surface area contributed by atoms with Gasteiger partial charge < -0.3 is 20.5 Å². The van der Waals surface area contributed by atoms with Gasteiger partial charge in [-0.25, -0.2) is 9.97 Å². The fourth-order valence-corrected chi connectivity index (χ4v) is 1.33. The average Bonchev–Trinajstić information content (AvgIpc) is 2.35. The quantitative estimate of drug-likeness (QED) is 0.679. The number of nitrogens with zero attached hydrogens (tertiary/aromatic N) is 2. The molecule has 1 heterocycles. The lowest BCUT2D eigenvalue weighted by molar-refractivity contribution is 0.128. The predicted octanol–water partition coefficient (Wildman–Crippen LogP) is 1.24. The van der Waals surface area contributed by atoms with Crippen LogP contribution in [0.3, 0.4) is 0 Å². The van der Waals surface area contributed by atoms with Gasteiger partial charge in [-0.1, -0.05) is 0 Å². The van der Waals surface area contributed by atoms with E-state index in [1.165, 1.54) is 0 Å². The molecule has 0 bridgehead atoms. The Balaban J connectivity index is 2.89. The lowest BCUT2D eigenvalue weighted by Gasteiger charge is -2.24. The molecule has 0 aliphatic rings. The smallest absolute Gasteiger partial charge is 0.158 e. The molecule has 1 aromatic heterocycles. The standard InChI is InChI=1S/C12H22N4O2/c1-5-18-7-11-14-9(13-4)6-10(15-11)16-12(2,3)8-17/h6,17H,5,7-8H2,1-4H3,(H2,13,14,15,16). The van der Waals surface area contributed by atoms with E-state index in [-0.39, 0.29) is 6.61 Å². The van der Waals surface area contributed by atoms with E-state index in [4.69, 9.17) is 4.74 Å². The van der Waals surface area contributed by atoms with Crippen LogP contribution in [0.15, 0.2) is 6.07 Å². The van der Waals surface area contributed by atoms with Gasteiger partial charge in [0.05, 0.1) is 12.1 Å². The molecule has 0 atom stereocenters. The first-order chi connectivity index (χ1) is 8.50. The van der Waals surface area contributed by atoms with E-state index in [2.05, 4.69) is 20.6 Å². The summed E-state index contributed by atoms with van der Waals surface area (Å²) in [6.45, 7) is 6.74. The van der Waals surface area contributed by atoms with Crippen molar-refractivity contribution in [1.29, 1.82) is 0 Å². The van der Waals surface area contributed by atoms with Crippen molar-refractivity contribution < 1.29 is 9.84 Å². The first kappa shape index (κ1) is 14.7. The Labute approximate surface area is 108 Å². The molecular weight excluding hydrogens is 232 g/mol. The summed E-state index contributed by atoms with van der Waals surface area (Å²) in [6.07, 6.45) is 0. The lowest BCUT2D eigenvalue weighted by Crippen LogP contribution is -2.35. The Bertz CT molecular complexity index is 382. The van der Waals surface area contributed by atoms with Crippen LogP contribution >= 0.6 is 0 Å². The van der Waals surface area contributed by atoms with Crippen molar-refractivity contribution in [1.82, 2.24) is 9.97 Å². The molecule has 0 saturated heterocycles.